The van der Waals surface area contributed by atoms with Crippen molar-refractivity contribution in [3.8, 4) is 5.75 Å². The lowest BCUT2D eigenvalue weighted by Gasteiger charge is -2.08. The molecule has 0 radical (unpaired) electrons. The van der Waals surface area contributed by atoms with Gasteiger partial charge in [0.15, 0.2) is 0 Å². The van der Waals surface area contributed by atoms with E-state index in [0.717, 1.165) is 0 Å². The number of carbonyl (C=O) groups excluding carboxylic acids is 2. The van der Waals surface area contributed by atoms with Crippen molar-refractivity contribution >= 4 is 29.9 Å². The fourth-order valence-corrected chi connectivity index (χ4v) is 1.49. The molecule has 0 spiro atoms. The van der Waals surface area contributed by atoms with Gasteiger partial charge < -0.3 is 25.8 Å². The molecule has 1 aromatic carbocycles. The Balaban J connectivity index is 0.00000441. The first kappa shape index (κ1) is 20.2. The summed E-state index contributed by atoms with van der Waals surface area (Å²) in [5, 5.41) is 5.70. The Kier molecular flexibility index (Phi) is 10.8. The largest absolute Gasteiger partial charge is 0.493 e. The molecule has 2 amide bonds. The molecule has 0 bridgehead atoms. The van der Waals surface area contributed by atoms with E-state index in [1.807, 2.05) is 0 Å². The van der Waals surface area contributed by atoms with Gasteiger partial charge in [-0.2, -0.15) is 0 Å². The molecule has 0 unspecified atom stereocenters. The highest BCUT2D eigenvalue weighted by molar-refractivity contribution is 5.92. The number of ether oxygens (including phenoxy) is 2. The van der Waals surface area contributed by atoms with Crippen LogP contribution in [0.3, 0.4) is 0 Å². The van der Waals surface area contributed by atoms with Crippen LogP contribution in [0, 0.1) is 0 Å². The maximum absolute atomic E-state index is 11.6. The number of amides is 2. The molecular formula is C14H22ClN3O4. The number of halogens is 1. The molecule has 22 heavy (non-hydrogen) atoms. The minimum atomic E-state index is -0.403. The number of primary amides is 1. The zero-order valence-corrected chi connectivity index (χ0v) is 13.3. The average Bonchev–Trinajstić information content (AvgIpc) is 2.45. The lowest BCUT2D eigenvalue weighted by Crippen LogP contribution is -2.30. The van der Waals surface area contributed by atoms with Crippen molar-refractivity contribution in [2.24, 2.45) is 5.73 Å². The van der Waals surface area contributed by atoms with E-state index in [-0.39, 0.29) is 37.9 Å². The van der Waals surface area contributed by atoms with E-state index in [1.54, 1.807) is 31.4 Å². The van der Waals surface area contributed by atoms with Crippen molar-refractivity contribution in [1.29, 1.82) is 0 Å². The molecule has 0 fully saturated rings. The van der Waals surface area contributed by atoms with Gasteiger partial charge in [0.05, 0.1) is 26.2 Å². The third kappa shape index (κ3) is 9.17. The summed E-state index contributed by atoms with van der Waals surface area (Å²) in [5.74, 6) is 0.0841. The highest BCUT2D eigenvalue weighted by Gasteiger charge is 2.02. The van der Waals surface area contributed by atoms with Crippen LogP contribution in [0.15, 0.2) is 24.3 Å². The van der Waals surface area contributed by atoms with Gasteiger partial charge in [-0.25, -0.2) is 0 Å². The molecule has 4 N–H and O–H groups in total. The quantitative estimate of drug-likeness (QED) is 0.543. The average molecular weight is 332 g/mol. The molecule has 0 aliphatic heterocycles. The second kappa shape index (κ2) is 11.8. The topological polar surface area (TPSA) is 103 Å². The number of nitrogens with two attached hydrogens (primary N) is 1. The summed E-state index contributed by atoms with van der Waals surface area (Å²) in [5.41, 5.74) is 5.69. The van der Waals surface area contributed by atoms with Crippen molar-refractivity contribution < 1.29 is 19.1 Å². The second-order valence-electron chi connectivity index (χ2n) is 4.31. The van der Waals surface area contributed by atoms with Crippen LogP contribution in [-0.4, -0.2) is 45.2 Å². The zero-order valence-electron chi connectivity index (χ0n) is 12.5. The van der Waals surface area contributed by atoms with E-state index in [1.165, 1.54) is 0 Å². The van der Waals surface area contributed by atoms with E-state index in [0.29, 0.717) is 24.6 Å². The van der Waals surface area contributed by atoms with Crippen LogP contribution in [-0.2, 0) is 14.3 Å². The predicted molar refractivity (Wildman–Crippen MR) is 86.4 cm³/mol. The summed E-state index contributed by atoms with van der Waals surface area (Å²) in [6.07, 6.45) is 0.172. The van der Waals surface area contributed by atoms with Gasteiger partial charge in [-0.15, -0.1) is 12.4 Å². The SMILES string of the molecule is COCCNCC(=O)Nc1ccc(OCCC(N)=O)cc1.Cl. The molecule has 8 heteroatoms. The summed E-state index contributed by atoms with van der Waals surface area (Å²) in [4.78, 5) is 22.2. The van der Waals surface area contributed by atoms with Crippen LogP contribution in [0.2, 0.25) is 0 Å². The number of nitrogens with one attached hydrogen (secondary N) is 2. The first-order valence-electron chi connectivity index (χ1n) is 6.62. The first-order chi connectivity index (χ1) is 10.1. The molecule has 1 rings (SSSR count). The fourth-order valence-electron chi connectivity index (χ4n) is 1.49. The van der Waals surface area contributed by atoms with E-state index in [4.69, 9.17) is 15.2 Å². The van der Waals surface area contributed by atoms with Crippen molar-refractivity contribution in [3.05, 3.63) is 24.3 Å². The molecule has 0 saturated heterocycles. The molecule has 7 nitrogen and oxygen atoms in total. The highest BCUT2D eigenvalue weighted by Crippen LogP contribution is 2.15. The molecule has 124 valence electrons. The molecule has 0 saturated carbocycles. The summed E-state index contributed by atoms with van der Waals surface area (Å²) in [6, 6.07) is 6.89. The number of carbonyl (C=O) groups is 2. The predicted octanol–water partition coefficient (Wildman–Crippen LogP) is 0.537. The van der Waals surface area contributed by atoms with Crippen LogP contribution in [0.1, 0.15) is 6.42 Å². The third-order valence-electron chi connectivity index (χ3n) is 2.52. The van der Waals surface area contributed by atoms with E-state index < -0.39 is 5.91 Å². The van der Waals surface area contributed by atoms with Crippen LogP contribution >= 0.6 is 12.4 Å². The zero-order chi connectivity index (χ0) is 15.5. The van der Waals surface area contributed by atoms with Crippen molar-refractivity contribution in [1.82, 2.24) is 5.32 Å². The third-order valence-corrected chi connectivity index (χ3v) is 2.52. The Morgan fingerprint density at radius 3 is 2.45 bits per heavy atom. The van der Waals surface area contributed by atoms with Gasteiger partial charge in [-0.1, -0.05) is 0 Å². The Bertz CT molecular complexity index is 454. The van der Waals surface area contributed by atoms with Crippen LogP contribution in [0.25, 0.3) is 0 Å². The second-order valence-corrected chi connectivity index (χ2v) is 4.31. The monoisotopic (exact) mass is 331 g/mol. The van der Waals surface area contributed by atoms with Gasteiger partial charge >= 0.3 is 0 Å². The van der Waals surface area contributed by atoms with Gasteiger partial charge in [0.1, 0.15) is 5.75 Å². The van der Waals surface area contributed by atoms with Gasteiger partial charge in [-0.3, -0.25) is 9.59 Å². The lowest BCUT2D eigenvalue weighted by atomic mass is 10.3. The maximum atomic E-state index is 11.6. The standard InChI is InChI=1S/C14H21N3O4.ClH/c1-20-9-7-16-10-14(19)17-11-2-4-12(5-3-11)21-8-6-13(15)18;/h2-5,16H,6-10H2,1H3,(H2,15,18)(H,17,19);1H. The fraction of sp³-hybridized carbons (Fsp3) is 0.429. The number of methoxy groups -OCH3 is 1. The van der Waals surface area contributed by atoms with Gasteiger partial charge in [0.2, 0.25) is 11.8 Å². The minimum absolute atomic E-state index is 0. The summed E-state index contributed by atoms with van der Waals surface area (Å²) in [7, 11) is 1.61. The van der Waals surface area contributed by atoms with Crippen molar-refractivity contribution in [3.63, 3.8) is 0 Å². The summed E-state index contributed by atoms with van der Waals surface area (Å²) >= 11 is 0. The maximum Gasteiger partial charge on any atom is 0.238 e. The number of hydrogen-bond acceptors (Lipinski definition) is 5. The van der Waals surface area contributed by atoms with E-state index in [2.05, 4.69) is 10.6 Å². The van der Waals surface area contributed by atoms with E-state index in [9.17, 15) is 9.59 Å². The summed E-state index contributed by atoms with van der Waals surface area (Å²) < 4.78 is 10.2. The molecular weight excluding hydrogens is 310 g/mol. The van der Waals surface area contributed by atoms with Crippen molar-refractivity contribution in [2.45, 2.75) is 6.42 Å². The van der Waals surface area contributed by atoms with E-state index >= 15 is 0 Å². The molecule has 0 heterocycles. The van der Waals surface area contributed by atoms with Crippen LogP contribution in [0.4, 0.5) is 5.69 Å². The lowest BCUT2D eigenvalue weighted by molar-refractivity contribution is -0.118. The van der Waals surface area contributed by atoms with Gasteiger partial charge in [0.25, 0.3) is 0 Å². The molecule has 0 aliphatic carbocycles. The molecule has 0 aromatic heterocycles. The number of hydrogen-bond donors (Lipinski definition) is 3. The Labute approximate surface area is 135 Å². The Hall–Kier alpha value is -1.83. The summed E-state index contributed by atoms with van der Waals surface area (Å²) in [6.45, 7) is 1.64. The van der Waals surface area contributed by atoms with Gasteiger partial charge in [-0.05, 0) is 24.3 Å². The number of benzene rings is 1. The molecule has 0 atom stereocenters. The van der Waals surface area contributed by atoms with Crippen LogP contribution in [0.5, 0.6) is 5.75 Å². The Morgan fingerprint density at radius 1 is 1.18 bits per heavy atom. The van der Waals surface area contributed by atoms with Crippen molar-refractivity contribution in [2.75, 3.05) is 38.7 Å². The van der Waals surface area contributed by atoms with Gasteiger partial charge in [0, 0.05) is 19.3 Å². The number of rotatable bonds is 10. The molecule has 0 aliphatic rings. The Morgan fingerprint density at radius 2 is 1.86 bits per heavy atom. The minimum Gasteiger partial charge on any atom is -0.493 e. The molecule has 1 aromatic rings. The highest BCUT2D eigenvalue weighted by atomic mass is 35.5. The number of anilines is 1. The smallest absolute Gasteiger partial charge is 0.238 e. The first-order valence-corrected chi connectivity index (χ1v) is 6.62. The normalized spacial score (nSPS) is 9.68. The van der Waals surface area contributed by atoms with Crippen LogP contribution < -0.4 is 21.1 Å².